The second-order valence-corrected chi connectivity index (χ2v) is 7.27. The van der Waals surface area contributed by atoms with E-state index in [0.29, 0.717) is 5.75 Å². The zero-order valence-corrected chi connectivity index (χ0v) is 16.0. The standard InChI is InChI=1S/C18H16IN3OS/c1-22-16(13-7-3-2-4-8-13)11-20-18(22)24-12-17(23)21-15-10-6-5-9-14(15)19/h2-11H,12H2,1H3,(H,21,23). The maximum absolute atomic E-state index is 12.2. The molecule has 0 saturated heterocycles. The molecule has 0 saturated carbocycles. The number of para-hydroxylation sites is 1. The number of imidazole rings is 1. The lowest BCUT2D eigenvalue weighted by Gasteiger charge is -2.08. The van der Waals surface area contributed by atoms with Crippen molar-refractivity contribution < 1.29 is 4.79 Å². The first-order valence-electron chi connectivity index (χ1n) is 7.39. The van der Waals surface area contributed by atoms with Crippen LogP contribution in [0.15, 0.2) is 66.0 Å². The number of carbonyl (C=O) groups is 1. The van der Waals surface area contributed by atoms with Gasteiger partial charge in [0.05, 0.1) is 23.3 Å². The predicted molar refractivity (Wildman–Crippen MR) is 107 cm³/mol. The van der Waals surface area contributed by atoms with Crippen LogP contribution in [-0.2, 0) is 11.8 Å². The second-order valence-electron chi connectivity index (χ2n) is 5.17. The van der Waals surface area contributed by atoms with E-state index in [1.807, 2.05) is 60.3 Å². The van der Waals surface area contributed by atoms with Gasteiger partial charge in [0.15, 0.2) is 5.16 Å². The zero-order valence-electron chi connectivity index (χ0n) is 13.1. The van der Waals surface area contributed by atoms with Gasteiger partial charge in [0.2, 0.25) is 5.91 Å². The average molecular weight is 449 g/mol. The highest BCUT2D eigenvalue weighted by Gasteiger charge is 2.11. The number of aromatic nitrogens is 2. The summed E-state index contributed by atoms with van der Waals surface area (Å²) in [6.45, 7) is 0. The summed E-state index contributed by atoms with van der Waals surface area (Å²) >= 11 is 3.64. The molecule has 122 valence electrons. The number of nitrogens with one attached hydrogen (secondary N) is 1. The van der Waals surface area contributed by atoms with Crippen molar-refractivity contribution in [2.45, 2.75) is 5.16 Å². The number of hydrogen-bond donors (Lipinski definition) is 1. The molecule has 0 radical (unpaired) electrons. The van der Waals surface area contributed by atoms with E-state index in [1.54, 1.807) is 0 Å². The van der Waals surface area contributed by atoms with Gasteiger partial charge in [0.1, 0.15) is 0 Å². The van der Waals surface area contributed by atoms with Crippen LogP contribution >= 0.6 is 34.4 Å². The first-order valence-corrected chi connectivity index (χ1v) is 9.46. The molecule has 4 nitrogen and oxygen atoms in total. The molecule has 0 atom stereocenters. The van der Waals surface area contributed by atoms with Crippen LogP contribution in [0.4, 0.5) is 5.69 Å². The van der Waals surface area contributed by atoms with Crippen molar-refractivity contribution in [1.82, 2.24) is 9.55 Å². The van der Waals surface area contributed by atoms with Crippen molar-refractivity contribution in [3.8, 4) is 11.3 Å². The van der Waals surface area contributed by atoms with Crippen molar-refractivity contribution in [1.29, 1.82) is 0 Å². The van der Waals surface area contributed by atoms with Crippen LogP contribution in [-0.4, -0.2) is 21.2 Å². The molecule has 2 aromatic carbocycles. The highest BCUT2D eigenvalue weighted by Crippen LogP contribution is 2.25. The molecule has 0 fully saturated rings. The highest BCUT2D eigenvalue weighted by molar-refractivity contribution is 14.1. The smallest absolute Gasteiger partial charge is 0.234 e. The summed E-state index contributed by atoms with van der Waals surface area (Å²) < 4.78 is 3.04. The van der Waals surface area contributed by atoms with Crippen LogP contribution in [0.1, 0.15) is 0 Å². The number of amides is 1. The minimum Gasteiger partial charge on any atom is -0.324 e. The van der Waals surface area contributed by atoms with Gasteiger partial charge in [-0.05, 0) is 40.3 Å². The van der Waals surface area contributed by atoms with Gasteiger partial charge in [0.25, 0.3) is 0 Å². The maximum atomic E-state index is 12.2. The third kappa shape index (κ3) is 3.99. The summed E-state index contributed by atoms with van der Waals surface area (Å²) in [5.74, 6) is 0.290. The number of nitrogens with zero attached hydrogens (tertiary/aromatic N) is 2. The summed E-state index contributed by atoms with van der Waals surface area (Å²) in [5.41, 5.74) is 2.99. The molecule has 1 aromatic heterocycles. The molecular formula is C18H16IN3OS. The van der Waals surface area contributed by atoms with E-state index >= 15 is 0 Å². The maximum Gasteiger partial charge on any atom is 0.234 e. The van der Waals surface area contributed by atoms with E-state index in [9.17, 15) is 4.79 Å². The largest absolute Gasteiger partial charge is 0.324 e. The van der Waals surface area contributed by atoms with Gasteiger partial charge in [-0.1, -0.05) is 54.2 Å². The quantitative estimate of drug-likeness (QED) is 0.464. The third-order valence-corrected chi connectivity index (χ3v) is 5.48. The van der Waals surface area contributed by atoms with Crippen LogP contribution in [0, 0.1) is 3.57 Å². The highest BCUT2D eigenvalue weighted by atomic mass is 127. The van der Waals surface area contributed by atoms with Gasteiger partial charge in [-0.15, -0.1) is 0 Å². The van der Waals surface area contributed by atoms with Crippen molar-refractivity contribution in [2.24, 2.45) is 7.05 Å². The number of hydrogen-bond acceptors (Lipinski definition) is 3. The summed E-state index contributed by atoms with van der Waals surface area (Å²) in [4.78, 5) is 16.6. The van der Waals surface area contributed by atoms with Crippen LogP contribution in [0.3, 0.4) is 0 Å². The Morgan fingerprint density at radius 1 is 1.17 bits per heavy atom. The Labute approximate surface area is 158 Å². The first-order chi connectivity index (χ1) is 11.6. The Morgan fingerprint density at radius 2 is 1.88 bits per heavy atom. The van der Waals surface area contributed by atoms with Gasteiger partial charge in [-0.25, -0.2) is 4.98 Å². The number of benzene rings is 2. The number of anilines is 1. The SMILES string of the molecule is Cn1c(-c2ccccc2)cnc1SCC(=O)Nc1ccccc1I. The number of halogens is 1. The lowest BCUT2D eigenvalue weighted by atomic mass is 10.2. The fourth-order valence-corrected chi connectivity index (χ4v) is 3.56. The molecule has 3 rings (SSSR count). The molecule has 0 unspecified atom stereocenters. The van der Waals surface area contributed by atoms with Gasteiger partial charge in [0, 0.05) is 10.6 Å². The molecule has 1 heterocycles. The molecule has 6 heteroatoms. The van der Waals surface area contributed by atoms with E-state index in [1.165, 1.54) is 11.8 Å². The summed E-state index contributed by atoms with van der Waals surface area (Å²) in [6.07, 6.45) is 1.84. The minimum atomic E-state index is -0.0339. The fourth-order valence-electron chi connectivity index (χ4n) is 2.28. The summed E-state index contributed by atoms with van der Waals surface area (Å²) in [5, 5.41) is 3.76. The van der Waals surface area contributed by atoms with Crippen LogP contribution in [0.5, 0.6) is 0 Å². The molecule has 3 aromatic rings. The van der Waals surface area contributed by atoms with Crippen molar-refractivity contribution >= 4 is 45.9 Å². The van der Waals surface area contributed by atoms with Crippen LogP contribution < -0.4 is 5.32 Å². The Morgan fingerprint density at radius 3 is 2.62 bits per heavy atom. The topological polar surface area (TPSA) is 46.9 Å². The normalized spacial score (nSPS) is 10.6. The molecule has 24 heavy (non-hydrogen) atoms. The summed E-state index contributed by atoms with van der Waals surface area (Å²) in [6, 6.07) is 17.8. The molecule has 0 aliphatic heterocycles. The number of thioether (sulfide) groups is 1. The molecule has 1 N–H and O–H groups in total. The van der Waals surface area contributed by atoms with E-state index in [-0.39, 0.29) is 5.91 Å². The van der Waals surface area contributed by atoms with E-state index in [4.69, 9.17) is 0 Å². The lowest BCUT2D eigenvalue weighted by molar-refractivity contribution is -0.113. The number of rotatable bonds is 5. The Balaban J connectivity index is 1.64. The number of carbonyl (C=O) groups excluding carboxylic acids is 1. The third-order valence-electron chi connectivity index (χ3n) is 3.50. The summed E-state index contributed by atoms with van der Waals surface area (Å²) in [7, 11) is 1.97. The van der Waals surface area contributed by atoms with Crippen LogP contribution in [0.2, 0.25) is 0 Å². The van der Waals surface area contributed by atoms with Crippen LogP contribution in [0.25, 0.3) is 11.3 Å². The molecule has 1 amide bonds. The average Bonchev–Trinajstić information content (AvgIpc) is 2.97. The minimum absolute atomic E-state index is 0.0339. The Bertz CT molecular complexity index is 848. The van der Waals surface area contributed by atoms with E-state index in [0.717, 1.165) is 25.7 Å². The van der Waals surface area contributed by atoms with Crippen molar-refractivity contribution in [3.63, 3.8) is 0 Å². The van der Waals surface area contributed by atoms with Gasteiger partial charge in [-0.2, -0.15) is 0 Å². The zero-order chi connectivity index (χ0) is 16.9. The van der Waals surface area contributed by atoms with Crippen molar-refractivity contribution in [3.05, 3.63) is 64.4 Å². The first kappa shape index (κ1) is 17.0. The van der Waals surface area contributed by atoms with Gasteiger partial charge in [-0.3, -0.25) is 4.79 Å². The second kappa shape index (κ2) is 7.85. The van der Waals surface area contributed by atoms with Gasteiger partial charge < -0.3 is 9.88 Å². The monoisotopic (exact) mass is 449 g/mol. The molecule has 0 spiro atoms. The van der Waals surface area contributed by atoms with E-state index < -0.39 is 0 Å². The Kier molecular flexibility index (Phi) is 5.57. The molecule has 0 bridgehead atoms. The van der Waals surface area contributed by atoms with Gasteiger partial charge >= 0.3 is 0 Å². The molecule has 0 aliphatic carbocycles. The fraction of sp³-hybridized carbons (Fsp3) is 0.111. The molecule has 0 aliphatic rings. The van der Waals surface area contributed by atoms with E-state index in [2.05, 4.69) is 45.0 Å². The molecular weight excluding hydrogens is 433 g/mol. The Hall–Kier alpha value is -1.80. The van der Waals surface area contributed by atoms with Crippen molar-refractivity contribution in [2.75, 3.05) is 11.1 Å². The predicted octanol–water partition coefficient (Wildman–Crippen LogP) is 4.42. The lowest BCUT2D eigenvalue weighted by Crippen LogP contribution is -2.15.